The summed E-state index contributed by atoms with van der Waals surface area (Å²) in [6.45, 7) is 2.85. The monoisotopic (exact) mass is 380 g/mol. The molecule has 0 spiro atoms. The van der Waals surface area contributed by atoms with Crippen LogP contribution in [-0.4, -0.2) is 20.4 Å². The molecule has 1 aliphatic rings. The fraction of sp³-hybridized carbons (Fsp3) is 0.278. The maximum atomic E-state index is 13.8. The van der Waals surface area contributed by atoms with Gasteiger partial charge in [0, 0.05) is 19.0 Å². The first kappa shape index (κ1) is 18.3. The molecule has 138 valence electrons. The van der Waals surface area contributed by atoms with Crippen molar-refractivity contribution < 1.29 is 22.0 Å². The highest BCUT2D eigenvalue weighted by Gasteiger charge is 2.34. The Labute approximate surface area is 150 Å². The minimum absolute atomic E-state index is 0.0197. The van der Waals surface area contributed by atoms with Gasteiger partial charge in [-0.05, 0) is 55.7 Å². The Morgan fingerprint density at radius 1 is 1.12 bits per heavy atom. The number of benzene rings is 2. The minimum Gasteiger partial charge on any atom is -0.308 e. The van der Waals surface area contributed by atoms with Crippen molar-refractivity contribution in [3.8, 4) is 0 Å². The van der Waals surface area contributed by atoms with E-state index >= 15 is 0 Å². The number of amides is 1. The summed E-state index contributed by atoms with van der Waals surface area (Å²) in [5.74, 6) is -1.44. The van der Waals surface area contributed by atoms with E-state index in [0.29, 0.717) is 5.69 Å². The second kappa shape index (κ2) is 6.68. The van der Waals surface area contributed by atoms with Crippen LogP contribution in [0.15, 0.2) is 41.3 Å². The van der Waals surface area contributed by atoms with Gasteiger partial charge in [0.1, 0.15) is 11.6 Å². The van der Waals surface area contributed by atoms with Crippen molar-refractivity contribution in [1.29, 1.82) is 0 Å². The number of carbonyl (C=O) groups is 1. The van der Waals surface area contributed by atoms with E-state index in [-0.39, 0.29) is 28.1 Å². The van der Waals surface area contributed by atoms with Crippen LogP contribution >= 0.6 is 0 Å². The van der Waals surface area contributed by atoms with Crippen molar-refractivity contribution in [3.05, 3.63) is 53.6 Å². The third-order valence-corrected chi connectivity index (χ3v) is 5.67. The molecule has 1 saturated carbocycles. The van der Waals surface area contributed by atoms with Gasteiger partial charge in [0.25, 0.3) is 10.0 Å². The third kappa shape index (κ3) is 3.70. The average Bonchev–Trinajstić information content (AvgIpc) is 3.33. The van der Waals surface area contributed by atoms with Gasteiger partial charge in [-0.3, -0.25) is 9.52 Å². The fourth-order valence-corrected chi connectivity index (χ4v) is 4.16. The third-order valence-electron chi connectivity index (χ3n) is 4.14. The van der Waals surface area contributed by atoms with Crippen LogP contribution in [0.4, 0.5) is 20.2 Å². The molecular formula is C18H18F2N2O3S. The molecule has 3 rings (SSSR count). The maximum Gasteiger partial charge on any atom is 0.262 e. The van der Waals surface area contributed by atoms with Crippen LogP contribution in [-0.2, 0) is 14.8 Å². The summed E-state index contributed by atoms with van der Waals surface area (Å²) in [6, 6.07) is 6.86. The highest BCUT2D eigenvalue weighted by atomic mass is 32.2. The predicted octanol–water partition coefficient (Wildman–Crippen LogP) is 3.59. The van der Waals surface area contributed by atoms with E-state index < -0.39 is 21.7 Å². The summed E-state index contributed by atoms with van der Waals surface area (Å²) in [4.78, 5) is 13.4. The summed E-state index contributed by atoms with van der Waals surface area (Å²) in [6.07, 6.45) is 1.61. The lowest BCUT2D eigenvalue weighted by Gasteiger charge is -2.24. The molecular weight excluding hydrogens is 362 g/mol. The number of nitrogens with one attached hydrogen (secondary N) is 1. The van der Waals surface area contributed by atoms with Crippen LogP contribution in [0.1, 0.15) is 25.3 Å². The molecule has 0 aromatic heterocycles. The molecule has 1 amide bonds. The van der Waals surface area contributed by atoms with Crippen molar-refractivity contribution in [2.45, 2.75) is 37.6 Å². The Hall–Kier alpha value is -2.48. The van der Waals surface area contributed by atoms with Gasteiger partial charge in [0.05, 0.1) is 16.3 Å². The molecule has 8 heteroatoms. The topological polar surface area (TPSA) is 66.5 Å². The first-order valence-corrected chi connectivity index (χ1v) is 9.55. The standard InChI is InChI=1S/C18H18F2N2O3S/c1-11-9-13(19)4-8-18(11)26(24,25)21-16-10-14(20)3-7-17(16)22(12(2)23)15-5-6-15/h3-4,7-10,15,21H,5-6H2,1-2H3. The highest BCUT2D eigenvalue weighted by Crippen LogP contribution is 2.37. The van der Waals surface area contributed by atoms with E-state index in [0.717, 1.165) is 37.1 Å². The number of hydrogen-bond acceptors (Lipinski definition) is 3. The van der Waals surface area contributed by atoms with Crippen LogP contribution in [0, 0.1) is 18.6 Å². The SMILES string of the molecule is CC(=O)N(c1ccc(F)cc1NS(=O)(=O)c1ccc(F)cc1C)C1CC1. The van der Waals surface area contributed by atoms with Crippen molar-refractivity contribution in [1.82, 2.24) is 0 Å². The summed E-state index contributed by atoms with van der Waals surface area (Å²) < 4.78 is 54.8. The zero-order valence-corrected chi connectivity index (χ0v) is 15.1. The first-order chi connectivity index (χ1) is 12.2. The van der Waals surface area contributed by atoms with Crippen LogP contribution in [0.5, 0.6) is 0 Å². The smallest absolute Gasteiger partial charge is 0.262 e. The molecule has 1 aliphatic carbocycles. The van der Waals surface area contributed by atoms with Crippen molar-refractivity contribution >= 4 is 27.3 Å². The summed E-state index contributed by atoms with van der Waals surface area (Å²) in [7, 11) is -4.09. The van der Waals surface area contributed by atoms with E-state index in [9.17, 15) is 22.0 Å². The number of anilines is 2. The molecule has 1 fully saturated rings. The minimum atomic E-state index is -4.09. The Balaban J connectivity index is 2.03. The number of carbonyl (C=O) groups excluding carboxylic acids is 1. The number of nitrogens with zero attached hydrogens (tertiary/aromatic N) is 1. The van der Waals surface area contributed by atoms with Crippen LogP contribution in [0.3, 0.4) is 0 Å². The molecule has 1 N–H and O–H groups in total. The molecule has 0 unspecified atom stereocenters. The van der Waals surface area contributed by atoms with Crippen LogP contribution < -0.4 is 9.62 Å². The Morgan fingerprint density at radius 3 is 2.31 bits per heavy atom. The van der Waals surface area contributed by atoms with E-state index in [1.807, 2.05) is 0 Å². The van der Waals surface area contributed by atoms with E-state index in [2.05, 4.69) is 4.72 Å². The molecule has 0 heterocycles. The van der Waals surface area contributed by atoms with Crippen molar-refractivity contribution in [3.63, 3.8) is 0 Å². The molecule has 2 aromatic rings. The van der Waals surface area contributed by atoms with E-state index in [4.69, 9.17) is 0 Å². The van der Waals surface area contributed by atoms with Gasteiger partial charge in [-0.2, -0.15) is 0 Å². The summed E-state index contributed by atoms with van der Waals surface area (Å²) in [5, 5.41) is 0. The second-order valence-electron chi connectivity index (χ2n) is 6.30. The number of sulfonamides is 1. The Bertz CT molecular complexity index is 972. The number of aryl methyl sites for hydroxylation is 1. The van der Waals surface area contributed by atoms with Gasteiger partial charge in [0.15, 0.2) is 0 Å². The van der Waals surface area contributed by atoms with E-state index in [1.54, 1.807) is 0 Å². The molecule has 5 nitrogen and oxygen atoms in total. The Kier molecular flexibility index (Phi) is 4.70. The molecule has 0 radical (unpaired) electrons. The maximum absolute atomic E-state index is 13.8. The number of rotatable bonds is 5. The zero-order chi connectivity index (χ0) is 19.1. The van der Waals surface area contributed by atoms with Gasteiger partial charge in [-0.15, -0.1) is 0 Å². The van der Waals surface area contributed by atoms with Crippen molar-refractivity contribution in [2.75, 3.05) is 9.62 Å². The van der Waals surface area contributed by atoms with Gasteiger partial charge < -0.3 is 4.90 Å². The van der Waals surface area contributed by atoms with Gasteiger partial charge in [0.2, 0.25) is 5.91 Å². The predicted molar refractivity (Wildman–Crippen MR) is 94.5 cm³/mol. The Morgan fingerprint density at radius 2 is 1.73 bits per heavy atom. The largest absolute Gasteiger partial charge is 0.308 e. The van der Waals surface area contributed by atoms with Gasteiger partial charge in [-0.25, -0.2) is 17.2 Å². The lowest BCUT2D eigenvalue weighted by molar-refractivity contribution is -0.116. The first-order valence-electron chi connectivity index (χ1n) is 8.07. The van der Waals surface area contributed by atoms with Crippen molar-refractivity contribution in [2.24, 2.45) is 0 Å². The number of hydrogen-bond donors (Lipinski definition) is 1. The molecule has 0 aliphatic heterocycles. The van der Waals surface area contributed by atoms with Gasteiger partial charge in [-0.1, -0.05) is 0 Å². The lowest BCUT2D eigenvalue weighted by Crippen LogP contribution is -2.31. The van der Waals surface area contributed by atoms with E-state index in [1.165, 1.54) is 30.9 Å². The summed E-state index contributed by atoms with van der Waals surface area (Å²) in [5.41, 5.74) is 0.488. The molecule has 0 atom stereocenters. The highest BCUT2D eigenvalue weighted by molar-refractivity contribution is 7.92. The normalized spacial score (nSPS) is 14.2. The fourth-order valence-electron chi connectivity index (χ4n) is 2.87. The quantitative estimate of drug-likeness (QED) is 0.862. The molecule has 26 heavy (non-hydrogen) atoms. The van der Waals surface area contributed by atoms with Gasteiger partial charge >= 0.3 is 0 Å². The van der Waals surface area contributed by atoms with Crippen LogP contribution in [0.25, 0.3) is 0 Å². The lowest BCUT2D eigenvalue weighted by atomic mass is 10.2. The average molecular weight is 380 g/mol. The molecule has 0 saturated heterocycles. The molecule has 0 bridgehead atoms. The summed E-state index contributed by atoms with van der Waals surface area (Å²) >= 11 is 0. The molecule has 2 aromatic carbocycles. The zero-order valence-electron chi connectivity index (χ0n) is 14.3. The number of halogens is 2. The second-order valence-corrected chi connectivity index (χ2v) is 7.95. The van der Waals surface area contributed by atoms with Crippen LogP contribution in [0.2, 0.25) is 0 Å².